The summed E-state index contributed by atoms with van der Waals surface area (Å²) in [6, 6.07) is 6.98. The number of azide groups is 1. The van der Waals surface area contributed by atoms with E-state index in [2.05, 4.69) is 35.9 Å². The molecule has 0 atom stereocenters. The van der Waals surface area contributed by atoms with E-state index in [1.807, 2.05) is 13.1 Å². The molecule has 0 saturated carbocycles. The molecule has 0 N–H and O–H groups in total. The maximum absolute atomic E-state index is 12.1. The maximum Gasteiger partial charge on any atom is 0.249 e. The Bertz CT molecular complexity index is 942. The Morgan fingerprint density at radius 2 is 2.23 bits per heavy atom. The lowest BCUT2D eigenvalue weighted by molar-refractivity contribution is 0.100. The molecule has 0 spiro atoms. The van der Waals surface area contributed by atoms with Crippen LogP contribution in [-0.4, -0.2) is 20.4 Å². The highest BCUT2D eigenvalue weighted by Crippen LogP contribution is 2.27. The summed E-state index contributed by atoms with van der Waals surface area (Å²) < 4.78 is 2.61. The van der Waals surface area contributed by atoms with Gasteiger partial charge < -0.3 is 4.57 Å². The van der Waals surface area contributed by atoms with Crippen molar-refractivity contribution in [3.63, 3.8) is 0 Å². The number of rotatable bonds is 2. The Labute approximate surface area is 133 Å². The lowest BCUT2D eigenvalue weighted by atomic mass is 10.1. The van der Waals surface area contributed by atoms with E-state index in [0.717, 1.165) is 4.47 Å². The van der Waals surface area contributed by atoms with Crippen molar-refractivity contribution in [2.45, 2.75) is 0 Å². The van der Waals surface area contributed by atoms with E-state index < -0.39 is 5.91 Å². The number of aryl methyl sites for hydroxylation is 1. The van der Waals surface area contributed by atoms with Crippen molar-refractivity contribution in [1.29, 1.82) is 0 Å². The number of pyridine rings is 1. The third-order valence-corrected chi connectivity index (χ3v) is 3.68. The number of benzene rings is 1. The predicted octanol–water partition coefficient (Wildman–Crippen LogP) is 3.85. The number of aromatic nitrogens is 3. The van der Waals surface area contributed by atoms with Gasteiger partial charge in [0.05, 0.1) is 5.52 Å². The monoisotopic (exact) mass is 356 g/mol. The van der Waals surface area contributed by atoms with Crippen LogP contribution in [0, 0.1) is 0 Å². The van der Waals surface area contributed by atoms with Gasteiger partial charge in [-0.2, -0.15) is 0 Å². The highest BCUT2D eigenvalue weighted by Gasteiger charge is 2.15. The molecule has 0 aliphatic heterocycles. The van der Waals surface area contributed by atoms with Crippen LogP contribution in [0.5, 0.6) is 0 Å². The van der Waals surface area contributed by atoms with Crippen LogP contribution in [0.2, 0.25) is 0 Å². The molecule has 3 rings (SSSR count). The van der Waals surface area contributed by atoms with Crippen LogP contribution in [-0.2, 0) is 7.05 Å². The van der Waals surface area contributed by atoms with Crippen molar-refractivity contribution < 1.29 is 4.79 Å². The quantitative estimate of drug-likeness (QED) is 0.396. The second-order valence-electron chi connectivity index (χ2n) is 4.57. The molecule has 2 aromatic heterocycles. The number of halogens is 1. The molecule has 0 aliphatic carbocycles. The van der Waals surface area contributed by atoms with E-state index in [4.69, 9.17) is 5.53 Å². The van der Waals surface area contributed by atoms with Crippen LogP contribution in [0.3, 0.4) is 0 Å². The smallest absolute Gasteiger partial charge is 0.249 e. The van der Waals surface area contributed by atoms with Crippen LogP contribution < -0.4 is 0 Å². The second-order valence-corrected chi connectivity index (χ2v) is 5.49. The minimum absolute atomic E-state index is 0.294. The van der Waals surface area contributed by atoms with Crippen molar-refractivity contribution in [2.24, 2.45) is 12.2 Å². The molecular formula is C14H9BrN6O. The molecule has 0 radical (unpaired) electrons. The van der Waals surface area contributed by atoms with Gasteiger partial charge in [0.15, 0.2) is 5.82 Å². The number of hydrogen-bond acceptors (Lipinski definition) is 3. The lowest BCUT2D eigenvalue weighted by Crippen LogP contribution is -2.01. The Balaban J connectivity index is 2.34. The SMILES string of the molecule is Cn1ccnc1-c1cc(C(=O)N=[N+]=[N-])c2cc(Br)ccc2n1. The zero-order valence-electron chi connectivity index (χ0n) is 11.4. The normalized spacial score (nSPS) is 10.5. The van der Waals surface area contributed by atoms with Crippen molar-refractivity contribution in [3.8, 4) is 11.5 Å². The van der Waals surface area contributed by atoms with Gasteiger partial charge in [0.25, 0.3) is 0 Å². The van der Waals surface area contributed by atoms with Crippen molar-refractivity contribution >= 4 is 32.7 Å². The Morgan fingerprint density at radius 1 is 1.41 bits per heavy atom. The molecule has 1 amide bonds. The topological polar surface area (TPSA) is 96.5 Å². The van der Waals surface area contributed by atoms with E-state index in [-0.39, 0.29) is 0 Å². The standard InChI is InChI=1S/C14H9BrN6O/c1-21-5-4-17-13(21)12-7-10(14(22)19-20-16)9-6-8(15)2-3-11(9)18-12/h2-7H,1H3. The number of carbonyl (C=O) groups excluding carboxylic acids is 1. The van der Waals surface area contributed by atoms with Gasteiger partial charge in [-0.25, -0.2) is 9.97 Å². The van der Waals surface area contributed by atoms with Crippen molar-refractivity contribution in [3.05, 3.63) is 57.1 Å². The summed E-state index contributed by atoms with van der Waals surface area (Å²) in [6.07, 6.45) is 3.44. The zero-order chi connectivity index (χ0) is 15.7. The number of carbonyl (C=O) groups is 1. The first-order valence-electron chi connectivity index (χ1n) is 6.27. The van der Waals surface area contributed by atoms with Crippen LogP contribution in [0.4, 0.5) is 0 Å². The average Bonchev–Trinajstić information content (AvgIpc) is 2.92. The zero-order valence-corrected chi connectivity index (χ0v) is 13.0. The highest BCUT2D eigenvalue weighted by molar-refractivity contribution is 9.10. The molecule has 0 bridgehead atoms. The molecule has 7 nitrogen and oxygen atoms in total. The van der Waals surface area contributed by atoms with Gasteiger partial charge in [-0.3, -0.25) is 4.79 Å². The van der Waals surface area contributed by atoms with E-state index in [1.165, 1.54) is 0 Å². The first kappa shape index (κ1) is 14.2. The van der Waals surface area contributed by atoms with Gasteiger partial charge in [0.1, 0.15) is 5.69 Å². The summed E-state index contributed by atoms with van der Waals surface area (Å²) in [4.78, 5) is 23.4. The summed E-state index contributed by atoms with van der Waals surface area (Å²) in [5.74, 6) is -0.0248. The highest BCUT2D eigenvalue weighted by atomic mass is 79.9. The van der Waals surface area contributed by atoms with Gasteiger partial charge in [-0.1, -0.05) is 15.9 Å². The maximum atomic E-state index is 12.1. The lowest BCUT2D eigenvalue weighted by Gasteiger charge is -2.08. The Hall–Kier alpha value is -2.70. The van der Waals surface area contributed by atoms with Crippen LogP contribution in [0.1, 0.15) is 10.4 Å². The summed E-state index contributed by atoms with van der Waals surface area (Å²) in [6.45, 7) is 0. The molecule has 2 heterocycles. The molecular weight excluding hydrogens is 348 g/mol. The third-order valence-electron chi connectivity index (χ3n) is 3.19. The fourth-order valence-corrected chi connectivity index (χ4v) is 2.56. The van der Waals surface area contributed by atoms with E-state index in [9.17, 15) is 4.79 Å². The molecule has 1 aromatic carbocycles. The summed E-state index contributed by atoms with van der Waals surface area (Å²) >= 11 is 3.36. The number of amides is 1. The van der Waals surface area contributed by atoms with Crippen molar-refractivity contribution in [2.75, 3.05) is 0 Å². The van der Waals surface area contributed by atoms with Gasteiger partial charge in [-0.05, 0) is 34.9 Å². The van der Waals surface area contributed by atoms with Crippen LogP contribution in [0.25, 0.3) is 32.9 Å². The second kappa shape index (κ2) is 5.59. The molecule has 108 valence electrons. The summed E-state index contributed by atoms with van der Waals surface area (Å²) in [5.41, 5.74) is 9.98. The molecule has 0 aliphatic rings. The fourth-order valence-electron chi connectivity index (χ4n) is 2.20. The van der Waals surface area contributed by atoms with Gasteiger partial charge in [0.2, 0.25) is 5.91 Å². The van der Waals surface area contributed by atoms with Crippen LogP contribution >= 0.6 is 15.9 Å². The van der Waals surface area contributed by atoms with E-state index in [0.29, 0.717) is 28.0 Å². The first-order valence-corrected chi connectivity index (χ1v) is 7.07. The number of fused-ring (bicyclic) bond motifs is 1. The number of nitrogens with zero attached hydrogens (tertiary/aromatic N) is 6. The van der Waals surface area contributed by atoms with Crippen molar-refractivity contribution in [1.82, 2.24) is 14.5 Å². The van der Waals surface area contributed by atoms with Gasteiger partial charge >= 0.3 is 0 Å². The number of hydrogen-bond donors (Lipinski definition) is 0. The fraction of sp³-hybridized carbons (Fsp3) is 0.0714. The minimum Gasteiger partial charge on any atom is -0.333 e. The largest absolute Gasteiger partial charge is 0.333 e. The number of imidazole rings is 1. The Morgan fingerprint density at radius 3 is 2.91 bits per heavy atom. The Kier molecular flexibility index (Phi) is 3.62. The molecule has 0 fully saturated rings. The molecule has 8 heteroatoms. The van der Waals surface area contributed by atoms with Crippen LogP contribution in [0.15, 0.2) is 46.2 Å². The predicted molar refractivity (Wildman–Crippen MR) is 85.1 cm³/mol. The molecule has 3 aromatic rings. The molecule has 0 unspecified atom stereocenters. The summed E-state index contributed by atoms with van der Waals surface area (Å²) in [7, 11) is 1.84. The minimum atomic E-state index is -0.650. The third kappa shape index (κ3) is 2.45. The van der Waals surface area contributed by atoms with Gasteiger partial charge in [-0.15, -0.1) is 0 Å². The van der Waals surface area contributed by atoms with E-state index in [1.54, 1.807) is 35.2 Å². The van der Waals surface area contributed by atoms with E-state index >= 15 is 0 Å². The van der Waals surface area contributed by atoms with Gasteiger partial charge in [0, 0.05) is 39.8 Å². The summed E-state index contributed by atoms with van der Waals surface area (Å²) in [5, 5.41) is 3.81. The molecule has 22 heavy (non-hydrogen) atoms. The molecule has 0 saturated heterocycles. The average molecular weight is 357 g/mol. The first-order chi connectivity index (χ1) is 10.6.